The molecule has 0 radical (unpaired) electrons. The summed E-state index contributed by atoms with van der Waals surface area (Å²) in [4.78, 5) is 23.2. The molecule has 4 nitrogen and oxygen atoms in total. The molecule has 0 atom stereocenters. The van der Waals surface area contributed by atoms with E-state index in [1.165, 1.54) is 6.08 Å². The molecule has 106 valence electrons. The molecule has 2 rings (SSSR count). The number of aliphatic carboxylic acids is 1. The van der Waals surface area contributed by atoms with Gasteiger partial charge >= 0.3 is 5.97 Å². The van der Waals surface area contributed by atoms with Gasteiger partial charge in [-0.3, -0.25) is 4.79 Å². The van der Waals surface area contributed by atoms with Crippen LogP contribution in [0.25, 0.3) is 6.08 Å². The minimum atomic E-state index is -1.19. The number of hydrogen-bond donors (Lipinski definition) is 2. The molecule has 0 saturated heterocycles. The quantitative estimate of drug-likeness (QED) is 0.835. The number of carboxylic acid groups (broad SMARTS) is 1. The Kier molecular flexibility index (Phi) is 4.90. The summed E-state index contributed by atoms with van der Waals surface area (Å²) in [6, 6.07) is 15.6. The monoisotopic (exact) mass is 345 g/mol. The number of amides is 1. The summed E-state index contributed by atoms with van der Waals surface area (Å²) in [5.41, 5.74) is 0.913. The molecule has 0 saturated carbocycles. The average molecular weight is 346 g/mol. The minimum Gasteiger partial charge on any atom is -0.477 e. The highest BCUT2D eigenvalue weighted by atomic mass is 79.9. The molecule has 2 aromatic carbocycles. The van der Waals surface area contributed by atoms with Gasteiger partial charge in [0.25, 0.3) is 5.91 Å². The van der Waals surface area contributed by atoms with Crippen LogP contribution in [0, 0.1) is 0 Å². The number of nitrogens with one attached hydrogen (secondary N) is 1. The van der Waals surface area contributed by atoms with Crippen LogP contribution < -0.4 is 5.32 Å². The number of rotatable bonds is 4. The van der Waals surface area contributed by atoms with Crippen LogP contribution in [0.5, 0.6) is 0 Å². The molecule has 21 heavy (non-hydrogen) atoms. The Morgan fingerprint density at radius 1 is 1.00 bits per heavy atom. The molecule has 2 aromatic rings. The van der Waals surface area contributed by atoms with Gasteiger partial charge in [0.05, 0.1) is 0 Å². The summed E-state index contributed by atoms with van der Waals surface area (Å²) in [5.74, 6) is -1.65. The molecule has 0 aliphatic carbocycles. The second-order valence-corrected chi connectivity index (χ2v) is 5.15. The van der Waals surface area contributed by atoms with E-state index in [0.717, 1.165) is 4.47 Å². The van der Waals surface area contributed by atoms with Crippen LogP contribution in [0.2, 0.25) is 0 Å². The number of carbonyl (C=O) groups is 2. The van der Waals surface area contributed by atoms with Gasteiger partial charge < -0.3 is 10.4 Å². The molecule has 0 unspecified atom stereocenters. The second-order valence-electron chi connectivity index (χ2n) is 4.23. The normalized spacial score (nSPS) is 11.0. The summed E-state index contributed by atoms with van der Waals surface area (Å²) in [6.45, 7) is 0. The smallest absolute Gasteiger partial charge is 0.352 e. The molecular formula is C16H12BrNO3. The van der Waals surface area contributed by atoms with E-state index in [4.69, 9.17) is 0 Å². The molecular weight excluding hydrogens is 334 g/mol. The topological polar surface area (TPSA) is 66.4 Å². The zero-order valence-electron chi connectivity index (χ0n) is 10.9. The molecule has 1 amide bonds. The minimum absolute atomic E-state index is 0.175. The average Bonchev–Trinajstić information content (AvgIpc) is 2.49. The lowest BCUT2D eigenvalue weighted by Crippen LogP contribution is -2.27. The SMILES string of the molecule is O=C(O)/C(=C\c1ccc(Br)cc1)NC(=O)c1ccccc1. The van der Waals surface area contributed by atoms with Crippen molar-refractivity contribution < 1.29 is 14.7 Å². The van der Waals surface area contributed by atoms with E-state index in [0.29, 0.717) is 11.1 Å². The summed E-state index contributed by atoms with van der Waals surface area (Å²) in [7, 11) is 0. The predicted octanol–water partition coefficient (Wildman–Crippen LogP) is 3.30. The lowest BCUT2D eigenvalue weighted by molar-refractivity contribution is -0.132. The number of halogens is 1. The van der Waals surface area contributed by atoms with Crippen molar-refractivity contribution in [3.05, 3.63) is 75.9 Å². The number of hydrogen-bond acceptors (Lipinski definition) is 2. The van der Waals surface area contributed by atoms with Crippen molar-refractivity contribution in [3.63, 3.8) is 0 Å². The Hall–Kier alpha value is -2.40. The van der Waals surface area contributed by atoms with Crippen molar-refractivity contribution in [2.75, 3.05) is 0 Å². The Balaban J connectivity index is 2.22. The van der Waals surface area contributed by atoms with Crippen LogP contribution in [0.1, 0.15) is 15.9 Å². The maximum absolute atomic E-state index is 12.0. The lowest BCUT2D eigenvalue weighted by atomic mass is 10.1. The summed E-state index contributed by atoms with van der Waals surface area (Å²) in [6.07, 6.45) is 1.41. The Labute approximate surface area is 130 Å². The molecule has 0 aromatic heterocycles. The van der Waals surface area contributed by atoms with Gasteiger partial charge in [-0.05, 0) is 35.9 Å². The Morgan fingerprint density at radius 2 is 1.62 bits per heavy atom. The van der Waals surface area contributed by atoms with Crippen LogP contribution in [-0.4, -0.2) is 17.0 Å². The maximum atomic E-state index is 12.0. The second kappa shape index (κ2) is 6.85. The van der Waals surface area contributed by atoms with E-state index >= 15 is 0 Å². The standard InChI is InChI=1S/C16H12BrNO3/c17-13-8-6-11(7-9-13)10-14(16(20)21)18-15(19)12-4-2-1-3-5-12/h1-10H,(H,18,19)(H,20,21)/b14-10+. The summed E-state index contributed by atoms with van der Waals surface area (Å²) < 4.78 is 0.893. The zero-order valence-corrected chi connectivity index (χ0v) is 12.5. The first-order valence-corrected chi connectivity index (χ1v) is 6.92. The van der Waals surface area contributed by atoms with Crippen LogP contribution in [0.4, 0.5) is 0 Å². The first kappa shape index (κ1) is 15.0. The van der Waals surface area contributed by atoms with E-state index < -0.39 is 11.9 Å². The highest BCUT2D eigenvalue weighted by Gasteiger charge is 2.12. The number of carbonyl (C=O) groups excluding carboxylic acids is 1. The number of carboxylic acids is 1. The fourth-order valence-electron chi connectivity index (χ4n) is 1.66. The molecule has 0 bridgehead atoms. The fourth-order valence-corrected chi connectivity index (χ4v) is 1.93. The van der Waals surface area contributed by atoms with Crippen molar-refractivity contribution in [2.45, 2.75) is 0 Å². The van der Waals surface area contributed by atoms with E-state index in [2.05, 4.69) is 21.2 Å². The molecule has 0 aliphatic rings. The third kappa shape index (κ3) is 4.29. The lowest BCUT2D eigenvalue weighted by Gasteiger charge is -2.06. The van der Waals surface area contributed by atoms with Crippen LogP contribution in [0.3, 0.4) is 0 Å². The summed E-state index contributed by atoms with van der Waals surface area (Å²) >= 11 is 3.30. The molecule has 0 heterocycles. The first-order valence-electron chi connectivity index (χ1n) is 6.13. The van der Waals surface area contributed by atoms with Gasteiger partial charge in [-0.2, -0.15) is 0 Å². The molecule has 0 spiro atoms. The Bertz CT molecular complexity index is 678. The largest absolute Gasteiger partial charge is 0.477 e. The predicted molar refractivity (Wildman–Crippen MR) is 83.7 cm³/mol. The van der Waals surface area contributed by atoms with Crippen LogP contribution >= 0.6 is 15.9 Å². The zero-order chi connectivity index (χ0) is 15.2. The fraction of sp³-hybridized carbons (Fsp3) is 0. The van der Waals surface area contributed by atoms with E-state index in [1.54, 1.807) is 54.6 Å². The van der Waals surface area contributed by atoms with Gasteiger partial charge in [0.1, 0.15) is 5.70 Å². The van der Waals surface area contributed by atoms with Crippen molar-refractivity contribution in [3.8, 4) is 0 Å². The van der Waals surface area contributed by atoms with Gasteiger partial charge in [-0.1, -0.05) is 46.3 Å². The van der Waals surface area contributed by atoms with Crippen molar-refractivity contribution in [2.24, 2.45) is 0 Å². The van der Waals surface area contributed by atoms with Crippen molar-refractivity contribution >= 4 is 33.9 Å². The maximum Gasteiger partial charge on any atom is 0.352 e. The van der Waals surface area contributed by atoms with Crippen LogP contribution in [-0.2, 0) is 4.79 Å². The molecule has 5 heteroatoms. The van der Waals surface area contributed by atoms with E-state index in [9.17, 15) is 14.7 Å². The highest BCUT2D eigenvalue weighted by Crippen LogP contribution is 2.13. The third-order valence-corrected chi connectivity index (χ3v) is 3.22. The number of benzene rings is 2. The van der Waals surface area contributed by atoms with Crippen molar-refractivity contribution in [1.29, 1.82) is 0 Å². The van der Waals surface area contributed by atoms with Crippen LogP contribution in [0.15, 0.2) is 64.8 Å². The molecule has 2 N–H and O–H groups in total. The Morgan fingerprint density at radius 3 is 2.19 bits per heavy atom. The van der Waals surface area contributed by atoms with Crippen molar-refractivity contribution in [1.82, 2.24) is 5.32 Å². The van der Waals surface area contributed by atoms with E-state index in [-0.39, 0.29) is 5.70 Å². The van der Waals surface area contributed by atoms with Gasteiger partial charge in [0.2, 0.25) is 0 Å². The third-order valence-electron chi connectivity index (χ3n) is 2.70. The van der Waals surface area contributed by atoms with E-state index in [1.807, 2.05) is 0 Å². The molecule has 0 aliphatic heterocycles. The van der Waals surface area contributed by atoms with Gasteiger partial charge in [0, 0.05) is 10.0 Å². The molecule has 0 fully saturated rings. The summed E-state index contributed by atoms with van der Waals surface area (Å²) in [5, 5.41) is 11.6. The van der Waals surface area contributed by atoms with Gasteiger partial charge in [-0.25, -0.2) is 4.79 Å². The first-order chi connectivity index (χ1) is 10.1. The van der Waals surface area contributed by atoms with Gasteiger partial charge in [0.15, 0.2) is 0 Å². The highest BCUT2D eigenvalue weighted by molar-refractivity contribution is 9.10. The van der Waals surface area contributed by atoms with Gasteiger partial charge in [-0.15, -0.1) is 0 Å².